The summed E-state index contributed by atoms with van der Waals surface area (Å²) in [5.41, 5.74) is 5.37. The number of hydrogen-bond donors (Lipinski definition) is 2. The second-order valence-corrected chi connectivity index (χ2v) is 12.1. The lowest BCUT2D eigenvalue weighted by molar-refractivity contribution is -0.141. The van der Waals surface area contributed by atoms with Crippen molar-refractivity contribution in [2.75, 3.05) is 12.0 Å². The fraction of sp³-hybridized carbons (Fsp3) is 0.314. The molecule has 6 unspecified atom stereocenters. The van der Waals surface area contributed by atoms with Crippen LogP contribution in [0.25, 0.3) is 0 Å². The van der Waals surface area contributed by atoms with E-state index < -0.39 is 40.9 Å². The van der Waals surface area contributed by atoms with Gasteiger partial charge in [0.1, 0.15) is 5.75 Å². The number of aryl methyl sites for hydroxylation is 1. The van der Waals surface area contributed by atoms with Gasteiger partial charge in [0.2, 0.25) is 11.8 Å². The first-order valence-electron chi connectivity index (χ1n) is 14.9. The van der Waals surface area contributed by atoms with Crippen molar-refractivity contribution in [3.63, 3.8) is 0 Å². The quantitative estimate of drug-likeness (QED) is 0.337. The highest BCUT2D eigenvalue weighted by molar-refractivity contribution is 6.13. The number of hydrazine groups is 1. The minimum atomic E-state index is -1.39. The van der Waals surface area contributed by atoms with Gasteiger partial charge in [-0.25, -0.2) is 0 Å². The number of allylic oxidation sites excluding steroid dienone is 2. The van der Waals surface area contributed by atoms with E-state index in [9.17, 15) is 24.3 Å². The van der Waals surface area contributed by atoms with E-state index in [2.05, 4.69) is 5.43 Å². The normalized spacial score (nSPS) is 29.7. The third kappa shape index (κ3) is 3.75. The minimum absolute atomic E-state index is 0.0134. The molecule has 2 heterocycles. The van der Waals surface area contributed by atoms with E-state index in [0.717, 1.165) is 16.1 Å². The Morgan fingerprint density at radius 3 is 2.26 bits per heavy atom. The Hall–Kier alpha value is -4.72. The maximum atomic E-state index is 15.0. The van der Waals surface area contributed by atoms with Crippen molar-refractivity contribution in [1.29, 1.82) is 0 Å². The number of carbonyl (C=O) groups is 4. The first kappa shape index (κ1) is 27.1. The molecule has 3 fully saturated rings. The highest BCUT2D eigenvalue weighted by atomic mass is 16.3. The van der Waals surface area contributed by atoms with Crippen LogP contribution in [0, 0.1) is 30.6 Å². The molecule has 1 saturated carbocycles. The van der Waals surface area contributed by atoms with E-state index in [1.54, 1.807) is 25.1 Å². The Balaban J connectivity index is 1.46. The largest absolute Gasteiger partial charge is 0.508 e. The number of aromatic hydroxyl groups is 1. The first-order chi connectivity index (χ1) is 20.8. The summed E-state index contributed by atoms with van der Waals surface area (Å²) in [4.78, 5) is 57.8. The van der Waals surface area contributed by atoms with Crippen LogP contribution in [0.3, 0.4) is 0 Å². The van der Waals surface area contributed by atoms with Crippen molar-refractivity contribution in [2.45, 2.75) is 38.0 Å². The number of rotatable bonds is 5. The molecule has 2 aliphatic heterocycles. The van der Waals surface area contributed by atoms with Gasteiger partial charge in [-0.15, -0.1) is 0 Å². The van der Waals surface area contributed by atoms with Gasteiger partial charge < -0.3 is 5.11 Å². The summed E-state index contributed by atoms with van der Waals surface area (Å²) < 4.78 is 0. The van der Waals surface area contributed by atoms with Crippen LogP contribution in [0.15, 0.2) is 90.5 Å². The van der Waals surface area contributed by atoms with Crippen LogP contribution in [-0.2, 0) is 24.6 Å². The second kappa shape index (κ2) is 9.93. The van der Waals surface area contributed by atoms with Gasteiger partial charge in [0, 0.05) is 18.0 Å². The number of hydrogen-bond acceptors (Lipinski definition) is 6. The van der Waals surface area contributed by atoms with Crippen molar-refractivity contribution in [2.24, 2.45) is 23.7 Å². The Morgan fingerprint density at radius 1 is 0.860 bits per heavy atom. The van der Waals surface area contributed by atoms with E-state index in [1.165, 1.54) is 4.90 Å². The van der Waals surface area contributed by atoms with Gasteiger partial charge in [-0.3, -0.25) is 29.5 Å². The number of fused-ring (bicyclic) bond motifs is 4. The number of benzene rings is 3. The summed E-state index contributed by atoms with van der Waals surface area (Å²) in [6.07, 6.45) is 2.60. The van der Waals surface area contributed by atoms with Gasteiger partial charge in [-0.2, -0.15) is 5.01 Å². The van der Waals surface area contributed by atoms with E-state index in [4.69, 9.17) is 0 Å². The SMILES string of the molecule is CCN1C(=O)C2CC=C3C(CC4C(=O)N(Nc5ccc(C)cc5)C(=O)C4(c4ccccc4)C3c3ccccc3O)C2C1=O. The van der Waals surface area contributed by atoms with Gasteiger partial charge in [0.05, 0.1) is 28.9 Å². The zero-order chi connectivity index (χ0) is 30.0. The van der Waals surface area contributed by atoms with E-state index in [1.807, 2.05) is 73.7 Å². The molecule has 8 nitrogen and oxygen atoms in total. The molecular formula is C35H33N3O5. The number of carbonyl (C=O) groups excluding carboxylic acids is 4. The van der Waals surface area contributed by atoms with Crippen LogP contribution < -0.4 is 5.43 Å². The number of amides is 4. The van der Waals surface area contributed by atoms with Crippen molar-refractivity contribution in [1.82, 2.24) is 9.91 Å². The molecule has 3 aromatic carbocycles. The molecule has 4 aliphatic rings. The number of imide groups is 2. The van der Waals surface area contributed by atoms with Crippen LogP contribution >= 0.6 is 0 Å². The predicted molar refractivity (Wildman–Crippen MR) is 159 cm³/mol. The average molecular weight is 576 g/mol. The van der Waals surface area contributed by atoms with Crippen molar-refractivity contribution in [3.05, 3.63) is 107 Å². The smallest absolute Gasteiger partial charge is 0.260 e. The molecule has 3 aromatic rings. The lowest BCUT2D eigenvalue weighted by Crippen LogP contribution is -2.53. The first-order valence-corrected chi connectivity index (χ1v) is 14.9. The number of nitrogens with zero attached hydrogens (tertiary/aromatic N) is 2. The molecule has 0 radical (unpaired) electrons. The zero-order valence-electron chi connectivity index (χ0n) is 24.1. The average Bonchev–Trinajstić information content (AvgIpc) is 3.39. The highest BCUT2D eigenvalue weighted by Gasteiger charge is 2.70. The molecule has 7 rings (SSSR count). The van der Waals surface area contributed by atoms with E-state index in [-0.39, 0.29) is 29.9 Å². The van der Waals surface area contributed by atoms with Crippen molar-refractivity contribution >= 4 is 29.3 Å². The Kier molecular flexibility index (Phi) is 6.27. The van der Waals surface area contributed by atoms with Gasteiger partial charge in [-0.1, -0.05) is 77.9 Å². The lowest BCUT2D eigenvalue weighted by Gasteiger charge is -2.50. The Labute approximate surface area is 250 Å². The van der Waals surface area contributed by atoms with Gasteiger partial charge in [0.25, 0.3) is 11.8 Å². The van der Waals surface area contributed by atoms with E-state index >= 15 is 0 Å². The second-order valence-electron chi connectivity index (χ2n) is 12.1. The van der Waals surface area contributed by atoms with Gasteiger partial charge in [0.15, 0.2) is 0 Å². The third-order valence-electron chi connectivity index (χ3n) is 10.0. The Morgan fingerprint density at radius 2 is 1.56 bits per heavy atom. The molecular weight excluding hydrogens is 542 g/mol. The summed E-state index contributed by atoms with van der Waals surface area (Å²) in [6, 6.07) is 23.7. The van der Waals surface area contributed by atoms with Crippen LogP contribution in [0.4, 0.5) is 5.69 Å². The molecule has 2 aliphatic carbocycles. The molecule has 43 heavy (non-hydrogen) atoms. The molecule has 0 spiro atoms. The topological polar surface area (TPSA) is 107 Å². The maximum Gasteiger partial charge on any atom is 0.260 e. The summed E-state index contributed by atoms with van der Waals surface area (Å²) in [5.74, 6) is -4.31. The van der Waals surface area contributed by atoms with Crippen LogP contribution in [-0.4, -0.2) is 45.2 Å². The summed E-state index contributed by atoms with van der Waals surface area (Å²) in [7, 11) is 0. The van der Waals surface area contributed by atoms with Gasteiger partial charge >= 0.3 is 0 Å². The Bertz CT molecular complexity index is 1680. The summed E-state index contributed by atoms with van der Waals surface area (Å²) in [6.45, 7) is 4.04. The molecule has 0 bridgehead atoms. The number of phenols is 1. The van der Waals surface area contributed by atoms with Crippen LogP contribution in [0.1, 0.15) is 42.4 Å². The summed E-state index contributed by atoms with van der Waals surface area (Å²) in [5, 5.41) is 12.4. The lowest BCUT2D eigenvalue weighted by atomic mass is 9.49. The molecule has 2 N–H and O–H groups in total. The number of para-hydroxylation sites is 1. The molecule has 0 aromatic heterocycles. The summed E-state index contributed by atoms with van der Waals surface area (Å²) >= 11 is 0. The van der Waals surface area contributed by atoms with Crippen molar-refractivity contribution in [3.8, 4) is 5.75 Å². The molecule has 8 heteroatoms. The van der Waals surface area contributed by atoms with Gasteiger partial charge in [-0.05, 0) is 56.4 Å². The van der Waals surface area contributed by atoms with Crippen LogP contribution in [0.2, 0.25) is 0 Å². The molecule has 218 valence electrons. The maximum absolute atomic E-state index is 15.0. The molecule has 4 amide bonds. The minimum Gasteiger partial charge on any atom is -0.508 e. The fourth-order valence-electron chi connectivity index (χ4n) is 8.20. The molecule has 2 saturated heterocycles. The van der Waals surface area contributed by atoms with Crippen LogP contribution in [0.5, 0.6) is 5.75 Å². The fourth-order valence-corrected chi connectivity index (χ4v) is 8.20. The number of phenolic OH excluding ortho intramolecular Hbond substituents is 1. The standard InChI is InChI=1S/C35H33N3O5/c1-3-37-31(40)25-18-17-23-26(29(25)33(37)42)19-27-32(41)38(36-22-15-13-20(2)14-16-22)34(43)35(27,21-9-5-4-6-10-21)30(23)24-11-7-8-12-28(24)39/h4-17,25-27,29-30,36,39H,3,18-19H2,1-2H3. The molecule has 6 atom stereocenters. The monoisotopic (exact) mass is 575 g/mol. The number of likely N-dealkylation sites (tertiary alicyclic amines) is 1. The predicted octanol–water partition coefficient (Wildman–Crippen LogP) is 4.71. The van der Waals surface area contributed by atoms with Crippen molar-refractivity contribution < 1.29 is 24.3 Å². The highest BCUT2D eigenvalue weighted by Crippen LogP contribution is 2.64. The number of anilines is 1. The zero-order valence-corrected chi connectivity index (χ0v) is 24.1. The third-order valence-corrected chi connectivity index (χ3v) is 10.0. The van der Waals surface area contributed by atoms with E-state index in [0.29, 0.717) is 29.8 Å². The number of nitrogens with one attached hydrogen (secondary N) is 1.